The van der Waals surface area contributed by atoms with Gasteiger partial charge in [-0.1, -0.05) is 12.1 Å². The molecular formula is C17H14F3N5O4. The highest BCUT2D eigenvalue weighted by molar-refractivity contribution is 5.94. The number of amides is 3. The zero-order chi connectivity index (χ0) is 21.0. The van der Waals surface area contributed by atoms with E-state index >= 15 is 0 Å². The number of carbonyl (C=O) groups is 3. The number of imidazole rings is 1. The molecule has 152 valence electrons. The Bertz CT molecular complexity index is 1040. The molecule has 2 heterocycles. The van der Waals surface area contributed by atoms with E-state index in [0.29, 0.717) is 4.57 Å². The zero-order valence-electron chi connectivity index (χ0n) is 14.6. The summed E-state index contributed by atoms with van der Waals surface area (Å²) in [5.41, 5.74) is 4.19. The number of halogens is 3. The first-order chi connectivity index (χ1) is 13.8. The van der Waals surface area contributed by atoms with Crippen LogP contribution in [0.1, 0.15) is 16.4 Å². The fourth-order valence-corrected chi connectivity index (χ4v) is 2.47. The first-order valence-electron chi connectivity index (χ1n) is 8.17. The van der Waals surface area contributed by atoms with E-state index in [1.807, 2.05) is 10.9 Å². The molecule has 29 heavy (non-hydrogen) atoms. The van der Waals surface area contributed by atoms with Crippen molar-refractivity contribution in [2.75, 3.05) is 6.54 Å². The van der Waals surface area contributed by atoms with Crippen LogP contribution >= 0.6 is 0 Å². The third-order valence-corrected chi connectivity index (χ3v) is 3.71. The number of para-hydroxylation sites is 2. The lowest BCUT2D eigenvalue weighted by molar-refractivity contribution is -0.147. The molecule has 0 aliphatic heterocycles. The molecule has 2 aromatic heterocycles. The fourth-order valence-electron chi connectivity index (χ4n) is 2.47. The zero-order valence-corrected chi connectivity index (χ0v) is 14.6. The molecule has 0 aliphatic rings. The van der Waals surface area contributed by atoms with Gasteiger partial charge in [0.15, 0.2) is 5.76 Å². The molecule has 3 amide bonds. The van der Waals surface area contributed by atoms with E-state index in [2.05, 4.69) is 10.3 Å². The van der Waals surface area contributed by atoms with Gasteiger partial charge in [0.2, 0.25) is 5.82 Å². The quantitative estimate of drug-likeness (QED) is 0.548. The molecule has 0 bridgehead atoms. The number of benzene rings is 1. The highest BCUT2D eigenvalue weighted by Gasteiger charge is 2.38. The second kappa shape index (κ2) is 8.04. The summed E-state index contributed by atoms with van der Waals surface area (Å²) < 4.78 is 45.2. The van der Waals surface area contributed by atoms with Crippen molar-refractivity contribution in [3.63, 3.8) is 0 Å². The molecule has 0 saturated carbocycles. The number of rotatable bonds is 5. The average molecular weight is 409 g/mol. The molecule has 3 aromatic rings. The number of carbonyl (C=O) groups excluding carboxylic acids is 3. The third kappa shape index (κ3) is 4.72. The summed E-state index contributed by atoms with van der Waals surface area (Å²) in [4.78, 5) is 38.9. The highest BCUT2D eigenvalue weighted by Crippen LogP contribution is 2.31. The van der Waals surface area contributed by atoms with Crippen molar-refractivity contribution < 1.29 is 32.0 Å². The molecule has 0 radical (unpaired) electrons. The minimum atomic E-state index is -4.77. The van der Waals surface area contributed by atoms with Gasteiger partial charge < -0.3 is 14.3 Å². The smallest absolute Gasteiger partial charge is 0.449 e. The van der Waals surface area contributed by atoms with Crippen LogP contribution < -0.4 is 16.2 Å². The largest absolute Gasteiger partial charge is 0.459 e. The Morgan fingerprint density at radius 1 is 1.03 bits per heavy atom. The van der Waals surface area contributed by atoms with Crippen molar-refractivity contribution in [3.8, 4) is 0 Å². The second-order valence-corrected chi connectivity index (χ2v) is 5.76. The molecule has 0 aliphatic carbocycles. The molecule has 0 unspecified atom stereocenters. The summed E-state index contributed by atoms with van der Waals surface area (Å²) in [6.45, 7) is -1.21. The Balaban J connectivity index is 1.58. The summed E-state index contributed by atoms with van der Waals surface area (Å²) in [5, 5.41) is 2.25. The molecule has 0 atom stereocenters. The van der Waals surface area contributed by atoms with Gasteiger partial charge in [0.1, 0.15) is 6.54 Å². The number of nitrogens with zero attached hydrogens (tertiary/aromatic N) is 2. The maximum absolute atomic E-state index is 13.2. The first-order valence-corrected chi connectivity index (χ1v) is 8.17. The summed E-state index contributed by atoms with van der Waals surface area (Å²) >= 11 is 0. The van der Waals surface area contributed by atoms with Gasteiger partial charge in [0.05, 0.1) is 23.8 Å². The SMILES string of the molecule is O=C(CNC(=O)c1ccco1)NNC(=O)Cn1c(C(F)(F)F)nc2ccccc21. The number of hydrogen-bond acceptors (Lipinski definition) is 5. The fraction of sp³-hybridized carbons (Fsp3) is 0.176. The van der Waals surface area contributed by atoms with Crippen molar-refractivity contribution in [1.82, 2.24) is 25.7 Å². The Labute approximate surface area is 160 Å². The molecule has 3 rings (SSSR count). The van der Waals surface area contributed by atoms with Crippen LogP contribution in [0.5, 0.6) is 0 Å². The van der Waals surface area contributed by atoms with Gasteiger partial charge in [-0.15, -0.1) is 0 Å². The van der Waals surface area contributed by atoms with Crippen molar-refractivity contribution in [3.05, 3.63) is 54.2 Å². The maximum Gasteiger partial charge on any atom is 0.449 e. The van der Waals surface area contributed by atoms with E-state index in [9.17, 15) is 27.6 Å². The number of hydrazine groups is 1. The van der Waals surface area contributed by atoms with Crippen LogP contribution in [0.15, 0.2) is 47.1 Å². The normalized spacial score (nSPS) is 11.3. The van der Waals surface area contributed by atoms with Crippen molar-refractivity contribution in [1.29, 1.82) is 0 Å². The Hall–Kier alpha value is -3.83. The summed E-state index contributed by atoms with van der Waals surface area (Å²) in [6.07, 6.45) is -3.48. The number of fused-ring (bicyclic) bond motifs is 1. The lowest BCUT2D eigenvalue weighted by Gasteiger charge is -2.12. The van der Waals surface area contributed by atoms with Gasteiger partial charge >= 0.3 is 6.18 Å². The Morgan fingerprint density at radius 2 is 1.76 bits per heavy atom. The molecule has 0 fully saturated rings. The first kappa shape index (κ1) is 19.9. The third-order valence-electron chi connectivity index (χ3n) is 3.71. The standard InChI is InChI=1S/C17H14F3N5O4/c18-17(19,20)16-22-10-4-1-2-5-11(10)25(16)9-14(27)24-23-13(26)8-21-15(28)12-6-3-7-29-12/h1-7H,8-9H2,(H,21,28)(H,23,26)(H,24,27). The van der Waals surface area contributed by atoms with Crippen molar-refractivity contribution >= 4 is 28.8 Å². The van der Waals surface area contributed by atoms with Crippen LogP contribution in [-0.4, -0.2) is 33.8 Å². The van der Waals surface area contributed by atoms with Crippen LogP contribution in [0.4, 0.5) is 13.2 Å². The lowest BCUT2D eigenvalue weighted by Crippen LogP contribution is -2.47. The number of alkyl halides is 3. The minimum absolute atomic E-state index is 0.00602. The van der Waals surface area contributed by atoms with Crippen LogP contribution in [0.25, 0.3) is 11.0 Å². The molecule has 12 heteroatoms. The predicted molar refractivity (Wildman–Crippen MR) is 92.1 cm³/mol. The van der Waals surface area contributed by atoms with Gasteiger partial charge in [-0.2, -0.15) is 13.2 Å². The molecule has 0 spiro atoms. The molecule has 9 nitrogen and oxygen atoms in total. The molecule has 0 saturated heterocycles. The van der Waals surface area contributed by atoms with Gasteiger partial charge in [0.25, 0.3) is 17.7 Å². The summed E-state index contributed by atoms with van der Waals surface area (Å²) in [6, 6.07) is 8.71. The van der Waals surface area contributed by atoms with Crippen LogP contribution in [0.2, 0.25) is 0 Å². The van der Waals surface area contributed by atoms with Gasteiger partial charge in [0, 0.05) is 0 Å². The van der Waals surface area contributed by atoms with Crippen LogP contribution in [0.3, 0.4) is 0 Å². The Morgan fingerprint density at radius 3 is 2.45 bits per heavy atom. The predicted octanol–water partition coefficient (Wildman–Crippen LogP) is 1.23. The molecule has 3 N–H and O–H groups in total. The second-order valence-electron chi connectivity index (χ2n) is 5.76. The monoisotopic (exact) mass is 409 g/mol. The van der Waals surface area contributed by atoms with E-state index in [4.69, 9.17) is 4.42 Å². The average Bonchev–Trinajstić information content (AvgIpc) is 3.33. The molecule has 1 aromatic carbocycles. The van der Waals surface area contributed by atoms with E-state index in [1.54, 1.807) is 0 Å². The molecular weight excluding hydrogens is 395 g/mol. The Kier molecular flexibility index (Phi) is 5.52. The van der Waals surface area contributed by atoms with Crippen molar-refractivity contribution in [2.24, 2.45) is 0 Å². The van der Waals surface area contributed by atoms with Gasteiger partial charge in [-0.25, -0.2) is 4.98 Å². The highest BCUT2D eigenvalue weighted by atomic mass is 19.4. The van der Waals surface area contributed by atoms with Gasteiger partial charge in [-0.05, 0) is 24.3 Å². The van der Waals surface area contributed by atoms with Crippen LogP contribution in [-0.2, 0) is 22.3 Å². The van der Waals surface area contributed by atoms with Gasteiger partial charge in [-0.3, -0.25) is 25.2 Å². The minimum Gasteiger partial charge on any atom is -0.459 e. The number of furan rings is 1. The van der Waals surface area contributed by atoms with Crippen molar-refractivity contribution in [2.45, 2.75) is 12.7 Å². The summed E-state index contributed by atoms with van der Waals surface area (Å²) in [5.74, 6) is -3.58. The van der Waals surface area contributed by atoms with Crippen LogP contribution in [0, 0.1) is 0 Å². The lowest BCUT2D eigenvalue weighted by atomic mass is 10.3. The summed E-state index contributed by atoms with van der Waals surface area (Å²) in [7, 11) is 0. The number of aromatic nitrogens is 2. The van der Waals surface area contributed by atoms with E-state index in [-0.39, 0.29) is 16.8 Å². The van der Waals surface area contributed by atoms with E-state index in [0.717, 1.165) is 0 Å². The van der Waals surface area contributed by atoms with E-state index in [1.165, 1.54) is 42.7 Å². The van der Waals surface area contributed by atoms with E-state index < -0.39 is 42.8 Å². The topological polar surface area (TPSA) is 118 Å². The number of hydrogen-bond donors (Lipinski definition) is 3. The number of nitrogens with one attached hydrogen (secondary N) is 3. The maximum atomic E-state index is 13.2.